The molecular weight excluding hydrogens is 646 g/mol. The van der Waals surface area contributed by atoms with Crippen molar-refractivity contribution >= 4 is 50.9 Å². The summed E-state index contributed by atoms with van der Waals surface area (Å²) in [4.78, 5) is 43.3. The van der Waals surface area contributed by atoms with Crippen LogP contribution in [0.15, 0.2) is 41.3 Å². The van der Waals surface area contributed by atoms with Gasteiger partial charge in [-0.3, -0.25) is 25.2 Å². The highest BCUT2D eigenvalue weighted by Crippen LogP contribution is 2.46. The van der Waals surface area contributed by atoms with Gasteiger partial charge in [0.2, 0.25) is 21.8 Å². The van der Waals surface area contributed by atoms with Crippen molar-refractivity contribution in [1.29, 1.82) is 0 Å². The average molecular weight is 683 g/mol. The molecule has 2 aromatic rings. The second-order valence-electron chi connectivity index (χ2n) is 11.8. The lowest BCUT2D eigenvalue weighted by Crippen LogP contribution is -2.49. The zero-order chi connectivity index (χ0) is 33.2. The van der Waals surface area contributed by atoms with E-state index in [0.717, 1.165) is 6.07 Å². The van der Waals surface area contributed by atoms with E-state index in [4.69, 9.17) is 23.1 Å². The van der Waals surface area contributed by atoms with Crippen molar-refractivity contribution in [2.45, 2.75) is 49.0 Å². The Kier molecular flexibility index (Phi) is 10.1. The number of carbonyl (C=O) groups excluding carboxylic acids is 3. The number of nitrogens with two attached hydrogens (primary N) is 2. The fourth-order valence-corrected chi connectivity index (χ4v) is 7.79. The smallest absolute Gasteiger partial charge is 0.276 e. The minimum atomic E-state index is -3.85. The van der Waals surface area contributed by atoms with Crippen molar-refractivity contribution in [3.63, 3.8) is 0 Å². The lowest BCUT2D eigenvalue weighted by atomic mass is 9.77. The van der Waals surface area contributed by atoms with Gasteiger partial charge >= 0.3 is 0 Å². The zero-order valence-electron chi connectivity index (χ0n) is 25.0. The minimum absolute atomic E-state index is 0.0796. The summed E-state index contributed by atoms with van der Waals surface area (Å²) in [5.41, 5.74) is 15.8. The number of nitrogens with one attached hydrogen (secondary N) is 2. The van der Waals surface area contributed by atoms with Gasteiger partial charge in [0.1, 0.15) is 11.0 Å². The van der Waals surface area contributed by atoms with Crippen LogP contribution in [0.5, 0.6) is 0 Å². The summed E-state index contributed by atoms with van der Waals surface area (Å²) in [6.45, 7) is 0.686. The number of nitrogens with zero attached hydrogens (tertiary/aromatic N) is 4. The van der Waals surface area contributed by atoms with Crippen LogP contribution < -0.4 is 32.1 Å². The van der Waals surface area contributed by atoms with E-state index in [1.165, 1.54) is 27.4 Å². The maximum Gasteiger partial charge on any atom is 0.276 e. The number of hydrogen-bond acceptors (Lipinski definition) is 9. The summed E-state index contributed by atoms with van der Waals surface area (Å²) in [6.07, 6.45) is 0.861. The number of carbonyl (C=O) groups is 3. The molecular formula is C29H37ClF2N8O5S. The van der Waals surface area contributed by atoms with Crippen LogP contribution >= 0.6 is 11.6 Å². The van der Waals surface area contributed by atoms with Crippen molar-refractivity contribution < 1.29 is 31.6 Å². The Morgan fingerprint density at radius 3 is 2.26 bits per heavy atom. The molecule has 2 saturated heterocycles. The molecule has 1 atom stereocenters. The molecule has 0 bridgehead atoms. The van der Waals surface area contributed by atoms with Crippen LogP contribution in [0.3, 0.4) is 0 Å². The van der Waals surface area contributed by atoms with Crippen molar-refractivity contribution in [3.05, 3.63) is 47.1 Å². The van der Waals surface area contributed by atoms with E-state index in [2.05, 4.69) is 15.8 Å². The zero-order valence-corrected chi connectivity index (χ0v) is 26.6. The van der Waals surface area contributed by atoms with Crippen LogP contribution in [-0.4, -0.2) is 80.7 Å². The molecule has 46 heavy (non-hydrogen) atoms. The first-order valence-corrected chi connectivity index (χ1v) is 16.9. The number of pyridine rings is 1. The first-order valence-electron chi connectivity index (χ1n) is 15.1. The summed E-state index contributed by atoms with van der Waals surface area (Å²) in [5, 5.41) is -0.108. The molecule has 5 rings (SSSR count). The molecule has 3 amide bonds. The molecule has 3 heterocycles. The molecule has 3 fully saturated rings. The van der Waals surface area contributed by atoms with Gasteiger partial charge in [-0.25, -0.2) is 22.2 Å². The third-order valence-electron chi connectivity index (χ3n) is 8.79. The van der Waals surface area contributed by atoms with Crippen LogP contribution in [0.2, 0.25) is 5.15 Å². The number of rotatable bonds is 8. The summed E-state index contributed by atoms with van der Waals surface area (Å²) >= 11 is 6.20. The molecule has 1 aliphatic carbocycles. The molecule has 1 aromatic carbocycles. The van der Waals surface area contributed by atoms with Gasteiger partial charge < -0.3 is 21.3 Å². The molecule has 13 nitrogen and oxygen atoms in total. The van der Waals surface area contributed by atoms with Gasteiger partial charge in [-0.05, 0) is 62.1 Å². The molecule has 0 spiro atoms. The molecule has 2 aliphatic heterocycles. The van der Waals surface area contributed by atoms with Crippen LogP contribution in [0.4, 0.5) is 20.3 Å². The van der Waals surface area contributed by atoms with Gasteiger partial charge in [0.25, 0.3) is 11.8 Å². The number of hydrogen-bond donors (Lipinski definition) is 4. The normalized spacial score (nSPS) is 23.0. The largest absolute Gasteiger partial charge is 0.354 e. The van der Waals surface area contributed by atoms with E-state index < -0.39 is 39.6 Å². The Morgan fingerprint density at radius 2 is 1.67 bits per heavy atom. The number of benzene rings is 1. The highest BCUT2D eigenvalue weighted by Gasteiger charge is 2.44. The quantitative estimate of drug-likeness (QED) is 0.236. The van der Waals surface area contributed by atoms with Crippen molar-refractivity contribution in [1.82, 2.24) is 20.1 Å². The van der Waals surface area contributed by atoms with Gasteiger partial charge in [-0.1, -0.05) is 11.6 Å². The van der Waals surface area contributed by atoms with E-state index in [0.29, 0.717) is 12.2 Å². The topological polar surface area (TPSA) is 184 Å². The predicted molar refractivity (Wildman–Crippen MR) is 166 cm³/mol. The number of halogens is 3. The molecule has 6 N–H and O–H groups in total. The van der Waals surface area contributed by atoms with E-state index in [-0.39, 0.29) is 98.2 Å². The van der Waals surface area contributed by atoms with E-state index in [1.54, 1.807) is 17.0 Å². The van der Waals surface area contributed by atoms with Crippen LogP contribution in [0.25, 0.3) is 0 Å². The fourth-order valence-electron chi connectivity index (χ4n) is 6.17. The van der Waals surface area contributed by atoms with Crippen LogP contribution in [-0.2, 0) is 30.3 Å². The highest BCUT2D eigenvalue weighted by molar-refractivity contribution is 7.89. The van der Waals surface area contributed by atoms with Crippen LogP contribution in [0.1, 0.15) is 37.7 Å². The third-order valence-corrected chi connectivity index (χ3v) is 10.9. The monoisotopic (exact) mass is 682 g/mol. The molecule has 250 valence electrons. The lowest BCUT2D eigenvalue weighted by molar-refractivity contribution is -0.133. The number of sulfonamides is 1. The molecule has 0 radical (unpaired) electrons. The molecule has 17 heteroatoms. The SMILES string of the molecule is NCC(=O)NNC(=O)[C@H]1CC[C@H](C(F)(F)c2cc(Cl)nc(N3CCN(S(=O)(=O)c4ccc(N5C[C@H](N)CC5=O)cc4)CC3)c2)CC1. The summed E-state index contributed by atoms with van der Waals surface area (Å²) < 4.78 is 59.6. The second-order valence-corrected chi connectivity index (χ2v) is 14.1. The molecule has 3 aliphatic rings. The van der Waals surface area contributed by atoms with Gasteiger partial charge in [0.05, 0.1) is 11.4 Å². The number of amides is 3. The number of anilines is 2. The van der Waals surface area contributed by atoms with E-state index in [1.807, 2.05) is 0 Å². The Bertz CT molecular complexity index is 1570. The van der Waals surface area contributed by atoms with E-state index >= 15 is 8.78 Å². The van der Waals surface area contributed by atoms with Crippen molar-refractivity contribution in [2.75, 3.05) is 49.1 Å². The highest BCUT2D eigenvalue weighted by atomic mass is 35.5. The maximum atomic E-state index is 15.8. The van der Waals surface area contributed by atoms with E-state index in [9.17, 15) is 22.8 Å². The molecule has 0 unspecified atom stereocenters. The lowest BCUT2D eigenvalue weighted by Gasteiger charge is -2.36. The first kappa shape index (κ1) is 33.9. The molecule has 1 saturated carbocycles. The summed E-state index contributed by atoms with van der Waals surface area (Å²) in [5.74, 6) is -5.69. The summed E-state index contributed by atoms with van der Waals surface area (Å²) in [7, 11) is -3.85. The van der Waals surface area contributed by atoms with Crippen molar-refractivity contribution in [3.8, 4) is 0 Å². The Balaban J connectivity index is 1.20. The maximum absolute atomic E-state index is 15.8. The van der Waals surface area contributed by atoms with Gasteiger partial charge in [-0.2, -0.15) is 4.31 Å². The molecule has 1 aromatic heterocycles. The minimum Gasteiger partial charge on any atom is -0.354 e. The standard InChI is InChI=1S/C29H37ClF2N8O5S/c30-24-13-20(29(31,32)19-3-1-18(2-4-19)28(43)37-36-26(41)16-33)14-25(35-24)38-9-11-39(12-10-38)46(44,45)23-7-5-22(6-8-23)40-17-21(34)15-27(40)42/h5-8,13-14,18-19,21H,1-4,9-12,15-17,33-34H2,(H,36,41)(H,37,43)/t18-,19-,21-/m1/s1. The number of alkyl halides is 2. The number of hydrazine groups is 1. The van der Waals surface area contributed by atoms with Gasteiger partial charge in [-0.15, -0.1) is 0 Å². The summed E-state index contributed by atoms with van der Waals surface area (Å²) in [6, 6.07) is 8.26. The Labute approximate surface area is 270 Å². The fraction of sp³-hybridized carbons (Fsp3) is 0.517. The van der Waals surface area contributed by atoms with Gasteiger partial charge in [0.15, 0.2) is 0 Å². The number of aromatic nitrogens is 1. The van der Waals surface area contributed by atoms with Gasteiger partial charge in [0, 0.05) is 68.3 Å². The first-order chi connectivity index (χ1) is 21.8. The Hall–Kier alpha value is -3.44. The average Bonchev–Trinajstić information content (AvgIpc) is 3.40. The third kappa shape index (κ3) is 7.25. The van der Waals surface area contributed by atoms with Crippen LogP contribution in [0, 0.1) is 11.8 Å². The number of piperazine rings is 1. The predicted octanol–water partition coefficient (Wildman–Crippen LogP) is 1.31. The Morgan fingerprint density at radius 1 is 1.02 bits per heavy atom. The second kappa shape index (κ2) is 13.7. The van der Waals surface area contributed by atoms with Crippen molar-refractivity contribution in [2.24, 2.45) is 23.3 Å².